The molecule has 0 saturated heterocycles. The Morgan fingerprint density at radius 1 is 0.250 bits per heavy atom. The molecule has 0 atom stereocenters. The van der Waals surface area contributed by atoms with Crippen LogP contribution in [-0.2, 0) is 0 Å². The summed E-state index contributed by atoms with van der Waals surface area (Å²) in [7, 11) is 0. The predicted molar refractivity (Wildman–Crippen MR) is 211 cm³/mol. The van der Waals surface area contributed by atoms with Gasteiger partial charge in [0.05, 0.1) is 0 Å². The molecule has 2 heterocycles. The Balaban J connectivity index is 1.12. The van der Waals surface area contributed by atoms with Gasteiger partial charge in [0.25, 0.3) is 0 Å². The molecular formula is C50H24N2. The second kappa shape index (κ2) is 18.3. The molecule has 0 amide bonds. The molecule has 0 radical (unpaired) electrons. The van der Waals surface area contributed by atoms with Gasteiger partial charge in [0.1, 0.15) is 0 Å². The van der Waals surface area contributed by atoms with E-state index in [1.54, 1.807) is 0 Å². The maximum absolute atomic E-state index is 4.48. The molecule has 4 aromatic carbocycles. The molecule has 2 heteroatoms. The molecule has 0 N–H and O–H groups in total. The van der Waals surface area contributed by atoms with E-state index in [9.17, 15) is 0 Å². The van der Waals surface area contributed by atoms with Crippen LogP contribution in [0, 0.1) is 94.7 Å². The van der Waals surface area contributed by atoms with E-state index in [-0.39, 0.29) is 0 Å². The predicted octanol–water partition coefficient (Wildman–Crippen LogP) is 8.57. The first-order chi connectivity index (χ1) is 25.9. The van der Waals surface area contributed by atoms with E-state index in [1.165, 1.54) is 0 Å². The number of benzene rings is 4. The van der Waals surface area contributed by atoms with Crippen molar-refractivity contribution in [3.8, 4) is 139 Å². The van der Waals surface area contributed by atoms with E-state index in [2.05, 4.69) is 105 Å². The Bertz CT molecular complexity index is 2430. The van der Waals surface area contributed by atoms with Gasteiger partial charge in [-0.2, -0.15) is 0 Å². The van der Waals surface area contributed by atoms with Gasteiger partial charge in [-0.3, -0.25) is 9.97 Å². The molecule has 234 valence electrons. The van der Waals surface area contributed by atoms with Gasteiger partial charge in [-0.1, -0.05) is 133 Å². The number of aromatic nitrogens is 2. The van der Waals surface area contributed by atoms with Crippen LogP contribution in [-0.4, -0.2) is 9.97 Å². The molecule has 0 aliphatic heterocycles. The van der Waals surface area contributed by atoms with E-state index >= 15 is 0 Å². The van der Waals surface area contributed by atoms with Crippen molar-refractivity contribution in [2.24, 2.45) is 0 Å². The van der Waals surface area contributed by atoms with Gasteiger partial charge in [-0.15, -0.1) is 0 Å². The molecule has 0 aliphatic carbocycles. The Kier molecular flexibility index (Phi) is 11.8. The summed E-state index contributed by atoms with van der Waals surface area (Å²) in [5.41, 5.74) is 9.58. The average Bonchev–Trinajstić information content (AvgIpc) is 3.22. The molecule has 0 bridgehead atoms. The van der Waals surface area contributed by atoms with Gasteiger partial charge in [-0.25, -0.2) is 0 Å². The van der Waals surface area contributed by atoms with Crippen molar-refractivity contribution in [1.29, 1.82) is 0 Å². The zero-order chi connectivity index (χ0) is 35.5. The van der Waals surface area contributed by atoms with Gasteiger partial charge in [-0.05, 0) is 105 Å². The highest BCUT2D eigenvalue weighted by Crippen LogP contribution is 2.32. The van der Waals surface area contributed by atoms with Crippen molar-refractivity contribution >= 4 is 0 Å². The third kappa shape index (κ3) is 9.17. The lowest BCUT2D eigenvalue weighted by Gasteiger charge is -2.10. The van der Waals surface area contributed by atoms with E-state index in [0.29, 0.717) is 0 Å². The summed E-state index contributed by atoms with van der Waals surface area (Å²) in [6, 6.07) is 40.2. The van der Waals surface area contributed by atoms with E-state index in [1.807, 2.05) is 146 Å². The minimum atomic E-state index is 0.853. The van der Waals surface area contributed by atoms with Gasteiger partial charge >= 0.3 is 0 Å². The van der Waals surface area contributed by atoms with E-state index < -0.39 is 0 Å². The normalized spacial score (nSPS) is 8.69. The zero-order valence-electron chi connectivity index (χ0n) is 27.8. The summed E-state index contributed by atoms with van der Waals surface area (Å²) < 4.78 is 0. The first-order valence-corrected chi connectivity index (χ1v) is 16.1. The van der Waals surface area contributed by atoms with Crippen LogP contribution in [0.3, 0.4) is 0 Å². The largest absolute Gasteiger partial charge is 0.263 e. The average molecular weight is 653 g/mol. The Labute approximate surface area is 305 Å². The summed E-state index contributed by atoms with van der Waals surface area (Å²) in [4.78, 5) is 8.96. The van der Waals surface area contributed by atoms with Gasteiger partial charge in [0, 0.05) is 58.2 Å². The molecule has 52 heavy (non-hydrogen) atoms. The molecule has 0 fully saturated rings. The number of hydrogen-bond acceptors (Lipinski definition) is 2. The first-order valence-electron chi connectivity index (χ1n) is 16.1. The molecule has 0 unspecified atom stereocenters. The molecular weight excluding hydrogens is 629 g/mol. The van der Waals surface area contributed by atoms with Gasteiger partial charge in [0.15, 0.2) is 0 Å². The van der Waals surface area contributed by atoms with Crippen molar-refractivity contribution < 1.29 is 0 Å². The zero-order valence-corrected chi connectivity index (χ0v) is 27.8. The lowest BCUT2D eigenvalue weighted by Crippen LogP contribution is -1.92. The lowest BCUT2D eigenvalue weighted by atomic mass is 9.94. The SMILES string of the molecule is C(C#CC#CC#CC#Cc1c(-c2ccccc2)cncc1-c1ccccc1)#CC#CC#CC#Cc1c(-c2ccccc2)cncc1-c1ccccc1. The maximum Gasteiger partial charge on any atom is 0.0443 e. The van der Waals surface area contributed by atoms with Crippen molar-refractivity contribution in [2.45, 2.75) is 0 Å². The number of rotatable bonds is 4. The highest BCUT2D eigenvalue weighted by Gasteiger charge is 2.12. The maximum atomic E-state index is 4.48. The smallest absolute Gasteiger partial charge is 0.0443 e. The van der Waals surface area contributed by atoms with Crippen molar-refractivity contribution in [2.75, 3.05) is 0 Å². The van der Waals surface area contributed by atoms with Crippen LogP contribution in [0.15, 0.2) is 146 Å². The quantitative estimate of drug-likeness (QED) is 0.178. The van der Waals surface area contributed by atoms with Crippen LogP contribution in [0.4, 0.5) is 0 Å². The second-order valence-corrected chi connectivity index (χ2v) is 10.7. The van der Waals surface area contributed by atoms with Crippen molar-refractivity contribution in [3.05, 3.63) is 157 Å². The first kappa shape index (κ1) is 33.6. The third-order valence-electron chi connectivity index (χ3n) is 7.42. The van der Waals surface area contributed by atoms with E-state index in [0.717, 1.165) is 55.6 Å². The fourth-order valence-corrected chi connectivity index (χ4v) is 5.10. The highest BCUT2D eigenvalue weighted by molar-refractivity contribution is 5.83. The Morgan fingerprint density at radius 2 is 0.462 bits per heavy atom. The van der Waals surface area contributed by atoms with Crippen LogP contribution in [0.5, 0.6) is 0 Å². The molecule has 6 aromatic rings. The third-order valence-corrected chi connectivity index (χ3v) is 7.42. The minimum absolute atomic E-state index is 0.853. The number of nitrogens with zero attached hydrogens (tertiary/aromatic N) is 2. The van der Waals surface area contributed by atoms with Crippen molar-refractivity contribution in [3.63, 3.8) is 0 Å². The van der Waals surface area contributed by atoms with Crippen LogP contribution >= 0.6 is 0 Å². The molecule has 2 nitrogen and oxygen atoms in total. The standard InChI is InChI=1S/C50H24N2/c1(3-5-7-9-11-25-35-45-47(41-27-17-13-18-28-41)37-51-38-48(45)42-29-19-14-20-30-42)2-4-6-8-10-12-26-36-46-49(43-31-21-15-22-32-43)39-52-40-50(46)44-33-23-16-24-34-44/h13-24,27-34,37-40H. The molecule has 2 aromatic heterocycles. The second-order valence-electron chi connectivity index (χ2n) is 10.7. The Hall–Kier alpha value is -8.34. The minimum Gasteiger partial charge on any atom is -0.263 e. The summed E-state index contributed by atoms with van der Waals surface area (Å²) in [5.74, 6) is 44.6. The molecule has 0 saturated carbocycles. The summed E-state index contributed by atoms with van der Waals surface area (Å²) in [6.45, 7) is 0. The van der Waals surface area contributed by atoms with Gasteiger partial charge in [0.2, 0.25) is 0 Å². The van der Waals surface area contributed by atoms with Crippen LogP contribution < -0.4 is 0 Å². The summed E-state index contributed by atoms with van der Waals surface area (Å²) >= 11 is 0. The number of hydrogen-bond donors (Lipinski definition) is 0. The highest BCUT2D eigenvalue weighted by atomic mass is 14.6. The van der Waals surface area contributed by atoms with Crippen molar-refractivity contribution in [1.82, 2.24) is 9.97 Å². The molecule has 6 rings (SSSR count). The number of pyridine rings is 2. The monoisotopic (exact) mass is 652 g/mol. The molecule has 0 aliphatic rings. The summed E-state index contributed by atoms with van der Waals surface area (Å²) in [6.07, 6.45) is 7.31. The fourth-order valence-electron chi connectivity index (χ4n) is 5.10. The Morgan fingerprint density at radius 3 is 0.692 bits per heavy atom. The van der Waals surface area contributed by atoms with Crippen LogP contribution in [0.2, 0.25) is 0 Å². The van der Waals surface area contributed by atoms with Crippen LogP contribution in [0.25, 0.3) is 44.5 Å². The van der Waals surface area contributed by atoms with E-state index in [4.69, 9.17) is 0 Å². The van der Waals surface area contributed by atoms with Crippen LogP contribution in [0.1, 0.15) is 11.1 Å². The van der Waals surface area contributed by atoms with Gasteiger partial charge < -0.3 is 0 Å². The fraction of sp³-hybridized carbons (Fsp3) is 0. The lowest BCUT2D eigenvalue weighted by molar-refractivity contribution is 1.32. The molecule has 0 spiro atoms. The summed E-state index contributed by atoms with van der Waals surface area (Å²) in [5, 5.41) is 0. The topological polar surface area (TPSA) is 25.8 Å².